The minimum atomic E-state index is -1.31. The maximum Gasteiger partial charge on any atom is 0.408 e. The third-order valence-electron chi connectivity index (χ3n) is 2.94. The largest absolute Gasteiger partial charge is 0.479 e. The number of carbonyl (C=O) groups excluding carboxylic acids is 1. The van der Waals surface area contributed by atoms with E-state index in [1.54, 1.807) is 12.1 Å². The van der Waals surface area contributed by atoms with Crippen molar-refractivity contribution in [1.82, 2.24) is 5.32 Å². The van der Waals surface area contributed by atoms with Gasteiger partial charge >= 0.3 is 12.1 Å². The van der Waals surface area contributed by atoms with Crippen LogP contribution in [0, 0.1) is 0 Å². The number of amides is 1. The van der Waals surface area contributed by atoms with Crippen molar-refractivity contribution in [1.29, 1.82) is 0 Å². The number of carboxylic acid groups (broad SMARTS) is 1. The van der Waals surface area contributed by atoms with Gasteiger partial charge in [-0.3, -0.25) is 0 Å². The highest BCUT2D eigenvalue weighted by Crippen LogP contribution is 2.24. The van der Waals surface area contributed by atoms with Crippen molar-refractivity contribution in [3.05, 3.63) is 69.7 Å². The number of ether oxygens (including phenoxy) is 1. The van der Waals surface area contributed by atoms with Crippen LogP contribution in [0.25, 0.3) is 0 Å². The molecule has 0 fully saturated rings. The summed E-state index contributed by atoms with van der Waals surface area (Å²) in [5, 5.41) is 12.1. The Morgan fingerprint density at radius 3 is 2.26 bits per heavy atom. The topological polar surface area (TPSA) is 75.6 Å². The number of carboxylic acids is 1. The zero-order chi connectivity index (χ0) is 16.8. The molecule has 0 radical (unpaired) electrons. The fourth-order valence-corrected chi connectivity index (χ4v) is 2.46. The quantitative estimate of drug-likeness (QED) is 0.850. The van der Waals surface area contributed by atoms with Crippen LogP contribution in [0.1, 0.15) is 17.2 Å². The number of hydrogen-bond acceptors (Lipinski definition) is 3. The van der Waals surface area contributed by atoms with E-state index in [0.717, 1.165) is 5.56 Å². The van der Waals surface area contributed by atoms with Crippen LogP contribution >= 0.6 is 23.2 Å². The van der Waals surface area contributed by atoms with E-state index in [-0.39, 0.29) is 22.2 Å². The Bertz CT molecular complexity index is 686. The van der Waals surface area contributed by atoms with Gasteiger partial charge in [-0.2, -0.15) is 0 Å². The molecular formula is C16H13Cl2NO4. The summed E-state index contributed by atoms with van der Waals surface area (Å²) in [6, 6.07) is 12.0. The lowest BCUT2D eigenvalue weighted by Crippen LogP contribution is -2.34. The normalized spacial score (nSPS) is 11.6. The lowest BCUT2D eigenvalue weighted by molar-refractivity contribution is -0.139. The average molecular weight is 354 g/mol. The molecule has 0 aliphatic heterocycles. The minimum Gasteiger partial charge on any atom is -0.479 e. The Balaban J connectivity index is 2.04. The predicted octanol–water partition coefficient (Wildman–Crippen LogP) is 4.05. The Morgan fingerprint density at radius 1 is 1.09 bits per heavy atom. The summed E-state index contributed by atoms with van der Waals surface area (Å²) in [4.78, 5) is 23.2. The fraction of sp³-hybridized carbons (Fsp3) is 0.125. The predicted molar refractivity (Wildman–Crippen MR) is 86.6 cm³/mol. The van der Waals surface area contributed by atoms with Crippen LogP contribution in [0.4, 0.5) is 4.79 Å². The number of rotatable bonds is 5. The van der Waals surface area contributed by atoms with Crippen molar-refractivity contribution in [3.63, 3.8) is 0 Å². The highest BCUT2D eigenvalue weighted by molar-refractivity contribution is 6.34. The standard InChI is InChI=1S/C16H13Cl2NO4/c17-12-6-11(7-13(18)8-12)14(15(20)21)19-16(22)23-9-10-4-2-1-3-5-10/h1-8,14H,9H2,(H,19,22)(H,20,21)/t14-/m1/s1. The van der Waals surface area contributed by atoms with E-state index in [9.17, 15) is 14.7 Å². The van der Waals surface area contributed by atoms with Crippen LogP contribution < -0.4 is 5.32 Å². The van der Waals surface area contributed by atoms with Gasteiger partial charge < -0.3 is 15.2 Å². The number of halogens is 2. The second kappa shape index (κ2) is 7.85. The second-order valence-electron chi connectivity index (χ2n) is 4.68. The van der Waals surface area contributed by atoms with Gasteiger partial charge in [-0.05, 0) is 29.3 Å². The molecule has 2 aromatic carbocycles. The third kappa shape index (κ3) is 5.16. The number of alkyl carbamates (subject to hydrolysis) is 1. The molecule has 2 aromatic rings. The van der Waals surface area contributed by atoms with Gasteiger partial charge in [0.1, 0.15) is 6.61 Å². The molecule has 0 bridgehead atoms. The Kier molecular flexibility index (Phi) is 5.84. The summed E-state index contributed by atoms with van der Waals surface area (Å²) < 4.78 is 5.01. The Hall–Kier alpha value is -2.24. The van der Waals surface area contributed by atoms with E-state index in [2.05, 4.69) is 5.32 Å². The van der Waals surface area contributed by atoms with Gasteiger partial charge in [0.05, 0.1) is 0 Å². The van der Waals surface area contributed by atoms with E-state index in [1.807, 2.05) is 18.2 Å². The van der Waals surface area contributed by atoms with Crippen molar-refractivity contribution in [3.8, 4) is 0 Å². The Morgan fingerprint density at radius 2 is 1.70 bits per heavy atom. The molecule has 23 heavy (non-hydrogen) atoms. The molecule has 0 heterocycles. The number of benzene rings is 2. The monoisotopic (exact) mass is 353 g/mol. The molecule has 120 valence electrons. The van der Waals surface area contributed by atoms with E-state index in [1.165, 1.54) is 18.2 Å². The smallest absolute Gasteiger partial charge is 0.408 e. The molecule has 0 saturated heterocycles. The van der Waals surface area contributed by atoms with Gasteiger partial charge in [0.15, 0.2) is 6.04 Å². The average Bonchev–Trinajstić information content (AvgIpc) is 2.50. The van der Waals surface area contributed by atoms with Crippen molar-refractivity contribution in [2.24, 2.45) is 0 Å². The van der Waals surface area contributed by atoms with Gasteiger partial charge in [-0.15, -0.1) is 0 Å². The molecule has 0 unspecified atom stereocenters. The molecule has 0 saturated carbocycles. The first-order chi connectivity index (χ1) is 11.0. The zero-order valence-electron chi connectivity index (χ0n) is 11.8. The van der Waals surface area contributed by atoms with Crippen LogP contribution in [-0.2, 0) is 16.1 Å². The molecule has 0 aliphatic rings. The SMILES string of the molecule is O=C(N[C@@H](C(=O)O)c1cc(Cl)cc(Cl)c1)OCc1ccccc1. The number of hydrogen-bond donors (Lipinski definition) is 2. The molecule has 0 aliphatic carbocycles. The van der Waals surface area contributed by atoms with Crippen LogP contribution in [0.2, 0.25) is 10.0 Å². The maximum atomic E-state index is 11.8. The van der Waals surface area contributed by atoms with Crippen molar-refractivity contribution in [2.75, 3.05) is 0 Å². The van der Waals surface area contributed by atoms with Gasteiger partial charge in [0, 0.05) is 10.0 Å². The minimum absolute atomic E-state index is 0.0370. The fourth-order valence-electron chi connectivity index (χ4n) is 1.91. The summed E-state index contributed by atoms with van der Waals surface area (Å²) in [6.45, 7) is 0.0370. The van der Waals surface area contributed by atoms with Crippen LogP contribution in [0.3, 0.4) is 0 Å². The van der Waals surface area contributed by atoms with E-state index in [4.69, 9.17) is 27.9 Å². The summed E-state index contributed by atoms with van der Waals surface area (Å²) in [7, 11) is 0. The maximum absolute atomic E-state index is 11.8. The number of carbonyl (C=O) groups is 2. The molecule has 1 atom stereocenters. The first-order valence-electron chi connectivity index (χ1n) is 6.61. The van der Waals surface area contributed by atoms with Crippen LogP contribution in [0.15, 0.2) is 48.5 Å². The van der Waals surface area contributed by atoms with E-state index >= 15 is 0 Å². The van der Waals surface area contributed by atoms with Crippen molar-refractivity contribution in [2.45, 2.75) is 12.6 Å². The lowest BCUT2D eigenvalue weighted by Gasteiger charge is -2.15. The van der Waals surface area contributed by atoms with E-state index < -0.39 is 18.1 Å². The molecule has 7 heteroatoms. The summed E-state index contributed by atoms with van der Waals surface area (Å²) in [6.07, 6.45) is -0.850. The zero-order valence-corrected chi connectivity index (χ0v) is 13.3. The second-order valence-corrected chi connectivity index (χ2v) is 5.55. The molecule has 1 amide bonds. The molecule has 5 nitrogen and oxygen atoms in total. The summed E-state index contributed by atoms with van der Waals surface area (Å²) in [5.74, 6) is -1.25. The first-order valence-corrected chi connectivity index (χ1v) is 7.37. The molecule has 2 N–H and O–H groups in total. The molecule has 2 rings (SSSR count). The lowest BCUT2D eigenvalue weighted by atomic mass is 10.1. The van der Waals surface area contributed by atoms with Crippen molar-refractivity contribution >= 4 is 35.3 Å². The molecule has 0 spiro atoms. The third-order valence-corrected chi connectivity index (χ3v) is 3.38. The highest BCUT2D eigenvalue weighted by atomic mass is 35.5. The molecule has 0 aromatic heterocycles. The van der Waals surface area contributed by atoms with Gasteiger partial charge in [-0.1, -0.05) is 53.5 Å². The van der Waals surface area contributed by atoms with Gasteiger partial charge in [0.2, 0.25) is 0 Å². The number of nitrogens with one attached hydrogen (secondary N) is 1. The first kappa shape index (κ1) is 17.1. The highest BCUT2D eigenvalue weighted by Gasteiger charge is 2.23. The van der Waals surface area contributed by atoms with Crippen molar-refractivity contribution < 1.29 is 19.4 Å². The van der Waals surface area contributed by atoms with Crippen LogP contribution in [-0.4, -0.2) is 17.2 Å². The molecular weight excluding hydrogens is 341 g/mol. The summed E-state index contributed by atoms with van der Waals surface area (Å²) in [5.41, 5.74) is 1.05. The Labute approximate surface area is 142 Å². The van der Waals surface area contributed by atoms with Gasteiger partial charge in [0.25, 0.3) is 0 Å². The van der Waals surface area contributed by atoms with E-state index in [0.29, 0.717) is 0 Å². The van der Waals surface area contributed by atoms with Crippen LogP contribution in [0.5, 0.6) is 0 Å². The number of aliphatic carboxylic acids is 1. The van der Waals surface area contributed by atoms with Gasteiger partial charge in [-0.25, -0.2) is 9.59 Å². The summed E-state index contributed by atoms with van der Waals surface area (Å²) >= 11 is 11.7.